The van der Waals surface area contributed by atoms with E-state index in [-0.39, 0.29) is 12.0 Å². The molecule has 0 fully saturated rings. The van der Waals surface area contributed by atoms with Gasteiger partial charge in [-0.3, -0.25) is 4.79 Å². The average molecular weight is 412 g/mol. The van der Waals surface area contributed by atoms with Crippen LogP contribution in [0.1, 0.15) is 64.5 Å². The molecule has 30 heavy (non-hydrogen) atoms. The minimum Gasteiger partial charge on any atom is -0.497 e. The third-order valence-corrected chi connectivity index (χ3v) is 5.38. The van der Waals surface area contributed by atoms with Gasteiger partial charge in [0.2, 0.25) is 5.91 Å². The molecule has 0 aliphatic carbocycles. The third kappa shape index (κ3) is 7.08. The van der Waals surface area contributed by atoms with Gasteiger partial charge in [0, 0.05) is 19.5 Å². The van der Waals surface area contributed by atoms with Gasteiger partial charge >= 0.3 is 0 Å². The molecule has 4 heteroatoms. The molecule has 1 amide bonds. The topological polar surface area (TPSA) is 38.8 Å². The maximum Gasteiger partial charge on any atom is 0.222 e. The van der Waals surface area contributed by atoms with Crippen molar-refractivity contribution in [3.63, 3.8) is 0 Å². The number of hydrogen-bond donors (Lipinski definition) is 0. The number of amides is 1. The van der Waals surface area contributed by atoms with Gasteiger partial charge in [-0.2, -0.15) is 0 Å². The van der Waals surface area contributed by atoms with Crippen LogP contribution < -0.4 is 9.47 Å². The van der Waals surface area contributed by atoms with E-state index in [0.29, 0.717) is 24.8 Å². The minimum absolute atomic E-state index is 0.153. The Morgan fingerprint density at radius 3 is 2.03 bits per heavy atom. The van der Waals surface area contributed by atoms with Crippen molar-refractivity contribution in [1.82, 2.24) is 4.90 Å². The fourth-order valence-electron chi connectivity index (χ4n) is 3.71. The van der Waals surface area contributed by atoms with E-state index < -0.39 is 0 Å². The van der Waals surface area contributed by atoms with Gasteiger partial charge in [0.1, 0.15) is 11.5 Å². The van der Waals surface area contributed by atoms with Crippen LogP contribution >= 0.6 is 0 Å². The predicted molar refractivity (Wildman–Crippen MR) is 123 cm³/mol. The Bertz CT molecular complexity index is 766. The van der Waals surface area contributed by atoms with E-state index in [0.717, 1.165) is 30.0 Å². The molecule has 0 radical (unpaired) electrons. The van der Waals surface area contributed by atoms with Crippen molar-refractivity contribution < 1.29 is 14.3 Å². The lowest BCUT2D eigenvalue weighted by atomic mass is 9.85. The summed E-state index contributed by atoms with van der Waals surface area (Å²) in [4.78, 5) is 14.6. The van der Waals surface area contributed by atoms with E-state index in [9.17, 15) is 4.79 Å². The Labute approximate surface area is 182 Å². The Hall–Kier alpha value is -2.49. The van der Waals surface area contributed by atoms with Crippen LogP contribution in [0.2, 0.25) is 0 Å². The normalized spacial score (nSPS) is 12.1. The van der Waals surface area contributed by atoms with Crippen molar-refractivity contribution in [1.29, 1.82) is 0 Å². The Morgan fingerprint density at radius 2 is 1.53 bits per heavy atom. The molecule has 0 unspecified atom stereocenters. The molecule has 0 heterocycles. The number of hydrogen-bond acceptors (Lipinski definition) is 3. The highest BCUT2D eigenvalue weighted by Gasteiger charge is 2.20. The summed E-state index contributed by atoms with van der Waals surface area (Å²) in [5.41, 5.74) is 2.42. The molecule has 0 saturated carbocycles. The summed E-state index contributed by atoms with van der Waals surface area (Å²) in [6, 6.07) is 16.4. The Morgan fingerprint density at radius 1 is 0.933 bits per heavy atom. The maximum absolute atomic E-state index is 12.6. The number of methoxy groups -OCH3 is 1. The number of carbonyl (C=O) groups excluding carboxylic acids is 1. The molecule has 164 valence electrons. The lowest BCUT2D eigenvalue weighted by Crippen LogP contribution is -2.32. The molecule has 0 bridgehead atoms. The van der Waals surface area contributed by atoms with Crippen molar-refractivity contribution >= 4 is 5.91 Å². The van der Waals surface area contributed by atoms with Crippen molar-refractivity contribution in [2.24, 2.45) is 5.92 Å². The van der Waals surface area contributed by atoms with Gasteiger partial charge in [0.05, 0.1) is 13.2 Å². The molecule has 2 aromatic rings. The van der Waals surface area contributed by atoms with Crippen LogP contribution in [0.5, 0.6) is 11.5 Å². The summed E-state index contributed by atoms with van der Waals surface area (Å²) in [6.45, 7) is 11.8. The fourth-order valence-corrected chi connectivity index (χ4v) is 3.71. The van der Waals surface area contributed by atoms with Crippen molar-refractivity contribution in [3.05, 3.63) is 59.7 Å². The molecule has 0 aliphatic heterocycles. The number of nitrogens with zero attached hydrogens (tertiary/aromatic N) is 1. The molecule has 0 saturated heterocycles. The van der Waals surface area contributed by atoms with Crippen LogP contribution in [0.25, 0.3) is 0 Å². The van der Waals surface area contributed by atoms with Gasteiger partial charge in [0.15, 0.2) is 0 Å². The second-order valence-corrected chi connectivity index (χ2v) is 8.39. The van der Waals surface area contributed by atoms with Crippen LogP contribution in [0, 0.1) is 5.92 Å². The van der Waals surface area contributed by atoms with Gasteiger partial charge in [0.25, 0.3) is 0 Å². The molecule has 0 N–H and O–H groups in total. The monoisotopic (exact) mass is 411 g/mol. The average Bonchev–Trinajstić information content (AvgIpc) is 2.73. The summed E-state index contributed by atoms with van der Waals surface area (Å²) >= 11 is 0. The highest BCUT2D eigenvalue weighted by molar-refractivity contribution is 5.75. The van der Waals surface area contributed by atoms with E-state index in [1.54, 1.807) is 7.11 Å². The van der Waals surface area contributed by atoms with E-state index >= 15 is 0 Å². The highest BCUT2D eigenvalue weighted by atomic mass is 16.5. The molecule has 4 nitrogen and oxygen atoms in total. The third-order valence-electron chi connectivity index (χ3n) is 5.38. The lowest BCUT2D eigenvalue weighted by Gasteiger charge is -2.27. The molecule has 2 aromatic carbocycles. The zero-order valence-corrected chi connectivity index (χ0v) is 19.4. The van der Waals surface area contributed by atoms with E-state index in [1.165, 1.54) is 5.56 Å². The first-order valence-corrected chi connectivity index (χ1v) is 11.0. The summed E-state index contributed by atoms with van der Waals surface area (Å²) in [6.07, 6.45) is 1.60. The van der Waals surface area contributed by atoms with Crippen LogP contribution in [-0.2, 0) is 11.3 Å². The smallest absolute Gasteiger partial charge is 0.222 e. The zero-order chi connectivity index (χ0) is 22.1. The van der Waals surface area contributed by atoms with Crippen LogP contribution in [-0.4, -0.2) is 30.6 Å². The highest BCUT2D eigenvalue weighted by Crippen LogP contribution is 2.30. The maximum atomic E-state index is 12.6. The summed E-state index contributed by atoms with van der Waals surface area (Å²) in [7, 11) is 1.69. The summed E-state index contributed by atoms with van der Waals surface area (Å²) < 4.78 is 11.0. The SMILES string of the molecule is CCC(=O)N(CC[C@H](c1ccc(OC)cc1)C(C)C)Cc1ccc(OC(C)C)cc1. The second kappa shape index (κ2) is 11.6. The van der Waals surface area contributed by atoms with Crippen LogP contribution in [0.3, 0.4) is 0 Å². The van der Waals surface area contributed by atoms with E-state index in [2.05, 4.69) is 38.1 Å². The van der Waals surface area contributed by atoms with Gasteiger partial charge in [-0.05, 0) is 67.5 Å². The van der Waals surface area contributed by atoms with Crippen molar-refractivity contribution in [2.45, 2.75) is 66.0 Å². The largest absolute Gasteiger partial charge is 0.497 e. The summed E-state index contributed by atoms with van der Waals surface area (Å²) in [5.74, 6) is 2.81. The van der Waals surface area contributed by atoms with Gasteiger partial charge in [-0.15, -0.1) is 0 Å². The van der Waals surface area contributed by atoms with Crippen LogP contribution in [0.15, 0.2) is 48.5 Å². The van der Waals surface area contributed by atoms with Crippen molar-refractivity contribution in [3.8, 4) is 11.5 Å². The predicted octanol–water partition coefficient (Wildman–Crippen LogP) is 6.05. The number of rotatable bonds is 11. The molecule has 0 spiro atoms. The summed E-state index contributed by atoms with van der Waals surface area (Å²) in [5, 5.41) is 0. The lowest BCUT2D eigenvalue weighted by molar-refractivity contribution is -0.131. The Balaban J connectivity index is 2.07. The zero-order valence-electron chi connectivity index (χ0n) is 19.4. The second-order valence-electron chi connectivity index (χ2n) is 8.39. The van der Waals surface area contributed by atoms with Crippen LogP contribution in [0.4, 0.5) is 0 Å². The minimum atomic E-state index is 0.153. The molecule has 0 aliphatic rings. The first-order valence-electron chi connectivity index (χ1n) is 11.0. The molecule has 0 aromatic heterocycles. The van der Waals surface area contributed by atoms with Crippen molar-refractivity contribution in [2.75, 3.05) is 13.7 Å². The standard InChI is InChI=1S/C26H37NO3/c1-7-26(28)27(18-21-8-12-24(13-9-21)30-20(4)5)17-16-25(19(2)3)22-10-14-23(29-6)15-11-22/h8-15,19-20,25H,7,16-18H2,1-6H3/t25-/m0/s1. The van der Waals surface area contributed by atoms with E-state index in [1.807, 2.05) is 49.9 Å². The molecule has 2 rings (SSSR count). The fraction of sp³-hybridized carbons (Fsp3) is 0.500. The number of ether oxygens (including phenoxy) is 2. The number of benzene rings is 2. The molecule has 1 atom stereocenters. The van der Waals surface area contributed by atoms with Gasteiger partial charge in [-0.25, -0.2) is 0 Å². The number of carbonyl (C=O) groups is 1. The first-order chi connectivity index (χ1) is 14.3. The Kier molecular flexibility index (Phi) is 9.22. The quantitative estimate of drug-likeness (QED) is 0.452. The van der Waals surface area contributed by atoms with Gasteiger partial charge in [-0.1, -0.05) is 45.0 Å². The molecular weight excluding hydrogens is 374 g/mol. The van der Waals surface area contributed by atoms with Gasteiger partial charge < -0.3 is 14.4 Å². The molecular formula is C26H37NO3. The first kappa shape index (κ1) is 23.8. The van der Waals surface area contributed by atoms with E-state index in [4.69, 9.17) is 9.47 Å².